The molecule has 0 aromatic heterocycles. The molecule has 0 aliphatic heterocycles. The lowest BCUT2D eigenvalue weighted by Gasteiger charge is -2.16. The van der Waals surface area contributed by atoms with Gasteiger partial charge in [-0.2, -0.15) is 0 Å². The molecule has 36 heavy (non-hydrogen) atoms. The summed E-state index contributed by atoms with van der Waals surface area (Å²) in [5.41, 5.74) is 0. The molecule has 0 aliphatic rings. The third-order valence-corrected chi connectivity index (χ3v) is 7.18. The molecule has 2 atom stereocenters. The van der Waals surface area contributed by atoms with Gasteiger partial charge in [0.2, 0.25) is 0 Å². The van der Waals surface area contributed by atoms with Gasteiger partial charge >= 0.3 is 11.9 Å². The zero-order valence-electron chi connectivity index (χ0n) is 24.8. The molecule has 0 bridgehead atoms. The Hall–Kier alpha value is -1.06. The zero-order valence-corrected chi connectivity index (χ0v) is 24.8. The van der Waals surface area contributed by atoms with Crippen LogP contribution in [0.2, 0.25) is 0 Å². The topological polar surface area (TPSA) is 52.6 Å². The molecule has 4 heteroatoms. The Kier molecular flexibility index (Phi) is 26.2. The van der Waals surface area contributed by atoms with Crippen LogP contribution in [-0.2, 0) is 19.1 Å². The lowest BCUT2D eigenvalue weighted by molar-refractivity contribution is -0.146. The van der Waals surface area contributed by atoms with E-state index in [1.165, 1.54) is 89.9 Å². The number of esters is 2. The first kappa shape index (κ1) is 34.9. The number of hydrogen-bond donors (Lipinski definition) is 0. The van der Waals surface area contributed by atoms with Crippen LogP contribution in [0.5, 0.6) is 0 Å². The zero-order chi connectivity index (χ0) is 26.7. The highest BCUT2D eigenvalue weighted by atomic mass is 16.5. The fourth-order valence-corrected chi connectivity index (χ4v) is 4.51. The maximum absolute atomic E-state index is 12.0. The molecule has 0 aliphatic carbocycles. The predicted molar refractivity (Wildman–Crippen MR) is 153 cm³/mol. The summed E-state index contributed by atoms with van der Waals surface area (Å²) < 4.78 is 11.0. The second-order valence-corrected chi connectivity index (χ2v) is 11.3. The second kappa shape index (κ2) is 27.0. The van der Waals surface area contributed by atoms with Crippen LogP contribution in [0.25, 0.3) is 0 Å². The number of rotatable bonds is 27. The van der Waals surface area contributed by atoms with Crippen LogP contribution in [0.1, 0.15) is 169 Å². The Morgan fingerprint density at radius 2 is 0.750 bits per heavy atom. The summed E-state index contributed by atoms with van der Waals surface area (Å²) in [4.78, 5) is 24.0. The summed E-state index contributed by atoms with van der Waals surface area (Å²) in [5, 5.41) is 0. The van der Waals surface area contributed by atoms with Gasteiger partial charge in [-0.05, 0) is 37.5 Å². The van der Waals surface area contributed by atoms with E-state index in [1.807, 2.05) is 0 Å². The molecule has 0 spiro atoms. The van der Waals surface area contributed by atoms with E-state index in [1.54, 1.807) is 0 Å². The van der Waals surface area contributed by atoms with Gasteiger partial charge in [0.15, 0.2) is 0 Å². The van der Waals surface area contributed by atoms with E-state index in [0.29, 0.717) is 37.9 Å². The minimum atomic E-state index is -0.0525. The molecule has 214 valence electrons. The van der Waals surface area contributed by atoms with Gasteiger partial charge in [-0.25, -0.2) is 0 Å². The number of carbonyl (C=O) groups is 2. The summed E-state index contributed by atoms with van der Waals surface area (Å²) in [6, 6.07) is 0. The van der Waals surface area contributed by atoms with E-state index in [2.05, 4.69) is 27.7 Å². The average molecular weight is 511 g/mol. The van der Waals surface area contributed by atoms with Crippen molar-refractivity contribution in [2.45, 2.75) is 169 Å². The van der Waals surface area contributed by atoms with E-state index < -0.39 is 0 Å². The molecule has 0 saturated carbocycles. The second-order valence-electron chi connectivity index (χ2n) is 11.3. The minimum absolute atomic E-state index is 0.0525. The Bertz CT molecular complexity index is 447. The normalized spacial score (nSPS) is 12.9. The van der Waals surface area contributed by atoms with Crippen LogP contribution in [0.3, 0.4) is 0 Å². The van der Waals surface area contributed by atoms with Gasteiger partial charge in [-0.3, -0.25) is 9.59 Å². The first-order valence-electron chi connectivity index (χ1n) is 15.8. The van der Waals surface area contributed by atoms with Crippen LogP contribution in [-0.4, -0.2) is 25.2 Å². The van der Waals surface area contributed by atoms with Gasteiger partial charge in [0, 0.05) is 12.8 Å². The van der Waals surface area contributed by atoms with Gasteiger partial charge in [-0.1, -0.05) is 130 Å². The molecule has 0 saturated heterocycles. The van der Waals surface area contributed by atoms with Crippen LogP contribution >= 0.6 is 0 Å². The molecule has 0 fully saturated rings. The number of ether oxygens (including phenoxy) is 2. The third kappa shape index (κ3) is 26.0. The van der Waals surface area contributed by atoms with Crippen molar-refractivity contribution in [1.82, 2.24) is 0 Å². The van der Waals surface area contributed by atoms with E-state index in [9.17, 15) is 9.59 Å². The summed E-state index contributed by atoms with van der Waals surface area (Å²) in [7, 11) is 0. The quantitative estimate of drug-likeness (QED) is 0.0814. The highest BCUT2D eigenvalue weighted by Crippen LogP contribution is 2.16. The summed E-state index contributed by atoms with van der Waals surface area (Å²) >= 11 is 0. The molecule has 0 heterocycles. The molecule has 0 aromatic carbocycles. The van der Waals surface area contributed by atoms with Crippen molar-refractivity contribution >= 4 is 11.9 Å². The average Bonchev–Trinajstić information content (AvgIpc) is 2.87. The lowest BCUT2D eigenvalue weighted by atomic mass is 9.99. The monoisotopic (exact) mass is 510 g/mol. The van der Waals surface area contributed by atoms with Crippen molar-refractivity contribution in [3.05, 3.63) is 0 Å². The van der Waals surface area contributed by atoms with Crippen molar-refractivity contribution in [3.8, 4) is 0 Å². The Morgan fingerprint density at radius 3 is 1.06 bits per heavy atom. The predicted octanol–water partition coefficient (Wildman–Crippen LogP) is 9.97. The SMILES string of the molecule is CCCCCCCCCCCC(=O)OCC(C)CCC(C)COC(=O)CCCCCCCCCCC. The Balaban J connectivity index is 3.55. The van der Waals surface area contributed by atoms with E-state index in [-0.39, 0.29) is 11.9 Å². The molecule has 0 N–H and O–H groups in total. The number of carbonyl (C=O) groups excluding carboxylic acids is 2. The van der Waals surface area contributed by atoms with Crippen molar-refractivity contribution in [1.29, 1.82) is 0 Å². The molecule has 0 aromatic rings. The largest absolute Gasteiger partial charge is 0.465 e. The third-order valence-electron chi connectivity index (χ3n) is 7.18. The summed E-state index contributed by atoms with van der Waals surface area (Å²) in [6.07, 6.45) is 25.7. The highest BCUT2D eigenvalue weighted by molar-refractivity contribution is 5.69. The standard InChI is InChI=1S/C32H62O4/c1-5-7-9-11-13-15-17-19-21-23-31(33)35-27-29(3)25-26-30(4)28-36-32(34)24-22-20-18-16-14-12-10-8-6-2/h29-30H,5-28H2,1-4H3. The van der Waals surface area contributed by atoms with Crippen LogP contribution < -0.4 is 0 Å². The molecular formula is C32H62O4. The minimum Gasteiger partial charge on any atom is -0.465 e. The number of unbranched alkanes of at least 4 members (excludes halogenated alkanes) is 16. The van der Waals surface area contributed by atoms with E-state index in [4.69, 9.17) is 9.47 Å². The molecule has 0 rings (SSSR count). The first-order valence-corrected chi connectivity index (χ1v) is 15.8. The maximum atomic E-state index is 12.0. The summed E-state index contributed by atoms with van der Waals surface area (Å²) in [6.45, 7) is 9.77. The molecule has 4 nitrogen and oxygen atoms in total. The molecule has 0 radical (unpaired) electrons. The van der Waals surface area contributed by atoms with Gasteiger partial charge in [0.25, 0.3) is 0 Å². The van der Waals surface area contributed by atoms with Crippen molar-refractivity contribution in [2.75, 3.05) is 13.2 Å². The Morgan fingerprint density at radius 1 is 0.472 bits per heavy atom. The summed E-state index contributed by atoms with van der Waals surface area (Å²) in [5.74, 6) is 0.584. The fourth-order valence-electron chi connectivity index (χ4n) is 4.51. The molecular weight excluding hydrogens is 448 g/mol. The highest BCUT2D eigenvalue weighted by Gasteiger charge is 2.12. The smallest absolute Gasteiger partial charge is 0.305 e. The van der Waals surface area contributed by atoms with E-state index in [0.717, 1.165) is 38.5 Å². The van der Waals surface area contributed by atoms with Crippen molar-refractivity contribution in [2.24, 2.45) is 11.8 Å². The Labute approximate surface area is 225 Å². The van der Waals surface area contributed by atoms with Crippen LogP contribution in [0.15, 0.2) is 0 Å². The van der Waals surface area contributed by atoms with Gasteiger partial charge in [0.05, 0.1) is 13.2 Å². The first-order chi connectivity index (χ1) is 17.5. The maximum Gasteiger partial charge on any atom is 0.305 e. The van der Waals surface area contributed by atoms with E-state index >= 15 is 0 Å². The van der Waals surface area contributed by atoms with Crippen LogP contribution in [0, 0.1) is 11.8 Å². The van der Waals surface area contributed by atoms with Crippen molar-refractivity contribution in [3.63, 3.8) is 0 Å². The van der Waals surface area contributed by atoms with Gasteiger partial charge in [0.1, 0.15) is 0 Å². The fraction of sp³-hybridized carbons (Fsp3) is 0.938. The lowest BCUT2D eigenvalue weighted by Crippen LogP contribution is -2.15. The molecule has 2 unspecified atom stereocenters. The van der Waals surface area contributed by atoms with Crippen molar-refractivity contribution < 1.29 is 19.1 Å². The number of hydrogen-bond acceptors (Lipinski definition) is 4. The van der Waals surface area contributed by atoms with Crippen LogP contribution in [0.4, 0.5) is 0 Å². The van der Waals surface area contributed by atoms with Gasteiger partial charge in [-0.15, -0.1) is 0 Å². The van der Waals surface area contributed by atoms with Gasteiger partial charge < -0.3 is 9.47 Å². The molecule has 0 amide bonds.